The van der Waals surface area contributed by atoms with Gasteiger partial charge < -0.3 is 15.5 Å². The normalized spacial score (nSPS) is 16.0. The molecule has 0 aliphatic carbocycles. The molecule has 1 fully saturated rings. The second kappa shape index (κ2) is 11.1. The lowest BCUT2D eigenvalue weighted by atomic mass is 9.96. The Bertz CT molecular complexity index is 1270. The van der Waals surface area contributed by atoms with Crippen LogP contribution in [0, 0.1) is 5.92 Å². The van der Waals surface area contributed by atoms with Crippen LogP contribution in [-0.2, 0) is 17.5 Å². The molecule has 1 saturated heterocycles. The molecular formula is C24H21Cl2F3N4O2S. The zero-order valence-electron chi connectivity index (χ0n) is 18.7. The standard InChI is InChI=1S/C24H21Cl2F3N4O2S/c25-17-7-2-8-18(20(17)26)31-23-32-19(13-36-23)22(35)33-9-3-5-15(12-33)21(34)30-11-14-4-1-6-16(10-14)24(27,28)29/h1-2,4,6-8,10,13,15H,3,5,9,11-12H2,(H,30,34)(H,31,32)/t15-/m0/s1. The number of thiazole rings is 1. The molecule has 0 bridgehead atoms. The van der Waals surface area contributed by atoms with E-state index in [1.54, 1.807) is 28.5 Å². The summed E-state index contributed by atoms with van der Waals surface area (Å²) in [6.45, 7) is 0.657. The Labute approximate surface area is 219 Å². The summed E-state index contributed by atoms with van der Waals surface area (Å²) in [6, 6.07) is 9.97. The number of benzene rings is 2. The number of anilines is 2. The molecule has 1 aliphatic rings. The van der Waals surface area contributed by atoms with E-state index in [0.717, 1.165) is 12.1 Å². The summed E-state index contributed by atoms with van der Waals surface area (Å²) < 4.78 is 38.7. The summed E-state index contributed by atoms with van der Waals surface area (Å²) >= 11 is 13.5. The van der Waals surface area contributed by atoms with Crippen LogP contribution in [0.2, 0.25) is 10.0 Å². The molecule has 1 aromatic heterocycles. The fourth-order valence-electron chi connectivity index (χ4n) is 3.87. The van der Waals surface area contributed by atoms with Crippen molar-refractivity contribution >= 4 is 57.2 Å². The molecule has 0 unspecified atom stereocenters. The number of rotatable bonds is 6. The van der Waals surface area contributed by atoms with Crippen LogP contribution in [0.25, 0.3) is 0 Å². The summed E-state index contributed by atoms with van der Waals surface area (Å²) in [7, 11) is 0. The van der Waals surface area contributed by atoms with E-state index < -0.39 is 17.7 Å². The van der Waals surface area contributed by atoms with Gasteiger partial charge in [0.15, 0.2) is 5.13 Å². The maximum atomic E-state index is 13.0. The van der Waals surface area contributed by atoms with E-state index in [1.807, 2.05) is 0 Å². The second-order valence-corrected chi connectivity index (χ2v) is 9.91. The number of likely N-dealkylation sites (tertiary alicyclic amines) is 1. The number of piperidine rings is 1. The SMILES string of the molecule is O=C(NCc1cccc(C(F)(F)F)c1)[C@H]1CCCN(C(=O)c2csc(Nc3cccc(Cl)c3Cl)n2)C1. The monoisotopic (exact) mass is 556 g/mol. The van der Waals surface area contributed by atoms with Crippen LogP contribution in [-0.4, -0.2) is 34.8 Å². The third kappa shape index (κ3) is 6.29. The first-order chi connectivity index (χ1) is 17.1. The molecule has 4 rings (SSSR count). The van der Waals surface area contributed by atoms with Crippen molar-refractivity contribution in [1.82, 2.24) is 15.2 Å². The molecule has 2 heterocycles. The van der Waals surface area contributed by atoms with Gasteiger partial charge in [-0.25, -0.2) is 4.98 Å². The van der Waals surface area contributed by atoms with Crippen LogP contribution in [0.3, 0.4) is 0 Å². The molecule has 6 nitrogen and oxygen atoms in total. The van der Waals surface area contributed by atoms with Gasteiger partial charge in [0.25, 0.3) is 5.91 Å². The van der Waals surface area contributed by atoms with Crippen LogP contribution in [0.15, 0.2) is 47.8 Å². The Morgan fingerprint density at radius 3 is 2.72 bits per heavy atom. The Balaban J connectivity index is 1.35. The van der Waals surface area contributed by atoms with Crippen molar-refractivity contribution in [2.24, 2.45) is 5.92 Å². The Hall–Kier alpha value is -2.82. The maximum absolute atomic E-state index is 13.0. The van der Waals surface area contributed by atoms with Gasteiger partial charge in [0.2, 0.25) is 5.91 Å². The van der Waals surface area contributed by atoms with Crippen molar-refractivity contribution in [2.75, 3.05) is 18.4 Å². The summed E-state index contributed by atoms with van der Waals surface area (Å²) in [5, 5.41) is 8.57. The molecule has 2 N–H and O–H groups in total. The van der Waals surface area contributed by atoms with Gasteiger partial charge in [0.1, 0.15) is 5.69 Å². The lowest BCUT2D eigenvalue weighted by Gasteiger charge is -2.31. The molecule has 0 spiro atoms. The highest BCUT2D eigenvalue weighted by atomic mass is 35.5. The fourth-order valence-corrected chi connectivity index (χ4v) is 4.92. The molecule has 2 aromatic carbocycles. The van der Waals surface area contributed by atoms with E-state index in [-0.39, 0.29) is 30.6 Å². The number of hydrogen-bond acceptors (Lipinski definition) is 5. The van der Waals surface area contributed by atoms with E-state index in [2.05, 4.69) is 15.6 Å². The van der Waals surface area contributed by atoms with E-state index in [9.17, 15) is 22.8 Å². The van der Waals surface area contributed by atoms with E-state index in [0.29, 0.717) is 45.8 Å². The number of nitrogens with zero attached hydrogens (tertiary/aromatic N) is 2. The average Bonchev–Trinajstić information content (AvgIpc) is 3.33. The van der Waals surface area contributed by atoms with Gasteiger partial charge >= 0.3 is 6.18 Å². The summed E-state index contributed by atoms with van der Waals surface area (Å²) in [4.78, 5) is 31.6. The predicted octanol–water partition coefficient (Wildman–Crippen LogP) is 6.38. The van der Waals surface area contributed by atoms with Crippen molar-refractivity contribution in [2.45, 2.75) is 25.6 Å². The first-order valence-corrected chi connectivity index (χ1v) is 12.6. The molecular weight excluding hydrogens is 536 g/mol. The third-order valence-corrected chi connectivity index (χ3v) is 7.29. The quantitative estimate of drug-likeness (QED) is 0.369. The minimum Gasteiger partial charge on any atom is -0.352 e. The van der Waals surface area contributed by atoms with Gasteiger partial charge in [-0.3, -0.25) is 9.59 Å². The molecule has 12 heteroatoms. The largest absolute Gasteiger partial charge is 0.416 e. The lowest BCUT2D eigenvalue weighted by molar-refractivity contribution is -0.137. The second-order valence-electron chi connectivity index (χ2n) is 8.27. The molecule has 190 valence electrons. The predicted molar refractivity (Wildman–Crippen MR) is 134 cm³/mol. The first-order valence-electron chi connectivity index (χ1n) is 11.0. The number of hydrogen-bond donors (Lipinski definition) is 2. The number of carbonyl (C=O) groups excluding carboxylic acids is 2. The van der Waals surface area contributed by atoms with E-state index in [1.165, 1.54) is 23.5 Å². The van der Waals surface area contributed by atoms with Crippen LogP contribution in [0.1, 0.15) is 34.5 Å². The molecule has 0 radical (unpaired) electrons. The van der Waals surface area contributed by atoms with Gasteiger partial charge in [-0.15, -0.1) is 11.3 Å². The number of aromatic nitrogens is 1. The molecule has 0 saturated carbocycles. The Kier molecular flexibility index (Phi) is 8.07. The van der Waals surface area contributed by atoms with Gasteiger partial charge in [-0.2, -0.15) is 13.2 Å². The molecule has 36 heavy (non-hydrogen) atoms. The van der Waals surface area contributed by atoms with Gasteiger partial charge in [-0.1, -0.05) is 41.4 Å². The van der Waals surface area contributed by atoms with Crippen LogP contribution in [0.4, 0.5) is 24.0 Å². The first kappa shape index (κ1) is 26.2. The van der Waals surface area contributed by atoms with E-state index in [4.69, 9.17) is 23.2 Å². The van der Waals surface area contributed by atoms with Gasteiger partial charge in [0, 0.05) is 25.0 Å². The van der Waals surface area contributed by atoms with Crippen molar-refractivity contribution in [3.8, 4) is 0 Å². The highest BCUT2D eigenvalue weighted by molar-refractivity contribution is 7.14. The van der Waals surface area contributed by atoms with Crippen LogP contribution < -0.4 is 10.6 Å². The van der Waals surface area contributed by atoms with Crippen LogP contribution >= 0.6 is 34.5 Å². The Morgan fingerprint density at radius 1 is 1.17 bits per heavy atom. The topological polar surface area (TPSA) is 74.3 Å². The number of carbonyl (C=O) groups is 2. The maximum Gasteiger partial charge on any atom is 0.416 e. The number of nitrogens with one attached hydrogen (secondary N) is 2. The molecule has 3 aromatic rings. The summed E-state index contributed by atoms with van der Waals surface area (Å²) in [5.41, 5.74) is 0.390. The highest BCUT2D eigenvalue weighted by Gasteiger charge is 2.31. The fraction of sp³-hybridized carbons (Fsp3) is 0.292. The van der Waals surface area contributed by atoms with Gasteiger partial charge in [0.05, 0.1) is 27.2 Å². The summed E-state index contributed by atoms with van der Waals surface area (Å²) in [5.74, 6) is -1.07. The number of amides is 2. The lowest BCUT2D eigenvalue weighted by Crippen LogP contribution is -2.45. The van der Waals surface area contributed by atoms with Crippen molar-refractivity contribution in [1.29, 1.82) is 0 Å². The minimum absolute atomic E-state index is 0.0274. The zero-order valence-corrected chi connectivity index (χ0v) is 21.1. The zero-order chi connectivity index (χ0) is 25.9. The van der Waals surface area contributed by atoms with Gasteiger partial charge in [-0.05, 0) is 42.7 Å². The number of alkyl halides is 3. The molecule has 2 amide bonds. The Morgan fingerprint density at radius 2 is 1.94 bits per heavy atom. The number of halogens is 5. The highest BCUT2D eigenvalue weighted by Crippen LogP contribution is 2.33. The summed E-state index contributed by atoms with van der Waals surface area (Å²) in [6.07, 6.45) is -3.24. The minimum atomic E-state index is -4.45. The average molecular weight is 557 g/mol. The van der Waals surface area contributed by atoms with Crippen LogP contribution in [0.5, 0.6) is 0 Å². The third-order valence-electron chi connectivity index (χ3n) is 5.72. The van der Waals surface area contributed by atoms with E-state index >= 15 is 0 Å². The molecule has 1 aliphatic heterocycles. The molecule has 1 atom stereocenters. The van der Waals surface area contributed by atoms with Crippen molar-refractivity contribution in [3.63, 3.8) is 0 Å². The van der Waals surface area contributed by atoms with Crippen molar-refractivity contribution in [3.05, 3.63) is 74.7 Å². The van der Waals surface area contributed by atoms with Crippen molar-refractivity contribution < 1.29 is 22.8 Å². The smallest absolute Gasteiger partial charge is 0.352 e.